The fourth-order valence-electron chi connectivity index (χ4n) is 1.95. The molecule has 1 heterocycles. The first-order chi connectivity index (χ1) is 8.16. The van der Waals surface area contributed by atoms with Gasteiger partial charge in [-0.3, -0.25) is 0 Å². The van der Waals surface area contributed by atoms with Gasteiger partial charge in [0.1, 0.15) is 22.5 Å². The van der Waals surface area contributed by atoms with Gasteiger partial charge in [0, 0.05) is 16.8 Å². The van der Waals surface area contributed by atoms with Crippen LogP contribution in [0.3, 0.4) is 0 Å². The van der Waals surface area contributed by atoms with E-state index in [2.05, 4.69) is 0 Å². The Morgan fingerprint density at radius 2 is 1.82 bits per heavy atom. The molecule has 0 fully saturated rings. The summed E-state index contributed by atoms with van der Waals surface area (Å²) in [6, 6.07) is 9.35. The lowest BCUT2D eigenvalue weighted by atomic mass is 10.1. The van der Waals surface area contributed by atoms with Crippen LogP contribution < -0.4 is 5.63 Å². The Morgan fingerprint density at radius 1 is 1.00 bits per heavy atom. The van der Waals surface area contributed by atoms with Gasteiger partial charge in [0.25, 0.3) is 0 Å². The average molecular weight is 228 g/mol. The van der Waals surface area contributed by atoms with E-state index < -0.39 is 5.63 Å². The Labute approximate surface area is 95.3 Å². The molecule has 84 valence electrons. The molecule has 4 nitrogen and oxygen atoms in total. The lowest BCUT2D eigenvalue weighted by Gasteiger charge is -2.03. The lowest BCUT2D eigenvalue weighted by Crippen LogP contribution is -1.99. The summed E-state index contributed by atoms with van der Waals surface area (Å²) in [7, 11) is 0. The zero-order chi connectivity index (χ0) is 12.0. The fourth-order valence-corrected chi connectivity index (χ4v) is 1.95. The van der Waals surface area contributed by atoms with Crippen molar-refractivity contribution in [3.8, 4) is 11.5 Å². The van der Waals surface area contributed by atoms with Crippen LogP contribution in [0.1, 0.15) is 0 Å². The van der Waals surface area contributed by atoms with Gasteiger partial charge in [-0.2, -0.15) is 0 Å². The van der Waals surface area contributed by atoms with Gasteiger partial charge >= 0.3 is 5.63 Å². The standard InChI is InChI=1S/C13H8O4/c14-7-4-5-8-9-2-1-3-10(15)12(9)13(16)17-11(8)6-7/h1-6,14-15H. The molecule has 3 aromatic rings. The van der Waals surface area contributed by atoms with Gasteiger partial charge < -0.3 is 14.6 Å². The molecular weight excluding hydrogens is 220 g/mol. The molecule has 0 unspecified atom stereocenters. The molecule has 2 N–H and O–H groups in total. The van der Waals surface area contributed by atoms with E-state index in [1.807, 2.05) is 0 Å². The van der Waals surface area contributed by atoms with Crippen LogP contribution in [-0.4, -0.2) is 10.2 Å². The molecule has 0 atom stereocenters. The molecule has 4 heteroatoms. The number of hydrogen-bond acceptors (Lipinski definition) is 4. The molecule has 0 aliphatic rings. The van der Waals surface area contributed by atoms with Gasteiger partial charge in [-0.05, 0) is 18.2 Å². The summed E-state index contributed by atoms with van der Waals surface area (Å²) in [5.74, 6) is -0.0774. The lowest BCUT2D eigenvalue weighted by molar-refractivity contribution is 0.472. The molecule has 3 rings (SSSR count). The van der Waals surface area contributed by atoms with Gasteiger partial charge in [-0.15, -0.1) is 0 Å². The van der Waals surface area contributed by atoms with Crippen LogP contribution in [0.25, 0.3) is 21.7 Å². The molecule has 17 heavy (non-hydrogen) atoms. The quantitative estimate of drug-likeness (QED) is 0.457. The normalized spacial score (nSPS) is 11.1. The molecule has 0 bridgehead atoms. The highest BCUT2D eigenvalue weighted by molar-refractivity contribution is 6.06. The number of phenols is 2. The van der Waals surface area contributed by atoms with Crippen molar-refractivity contribution in [1.82, 2.24) is 0 Å². The molecule has 1 aromatic heterocycles. The van der Waals surface area contributed by atoms with Crippen molar-refractivity contribution in [3.63, 3.8) is 0 Å². The maximum atomic E-state index is 11.7. The maximum Gasteiger partial charge on any atom is 0.347 e. The van der Waals surface area contributed by atoms with Gasteiger partial charge in [-0.25, -0.2) is 4.79 Å². The van der Waals surface area contributed by atoms with Crippen LogP contribution in [0.15, 0.2) is 45.6 Å². The van der Waals surface area contributed by atoms with Gasteiger partial charge in [0.05, 0.1) is 0 Å². The van der Waals surface area contributed by atoms with Crippen LogP contribution in [0, 0.1) is 0 Å². The Kier molecular flexibility index (Phi) is 1.86. The largest absolute Gasteiger partial charge is 0.508 e. The van der Waals surface area contributed by atoms with Crippen LogP contribution in [0.2, 0.25) is 0 Å². The van der Waals surface area contributed by atoms with Crippen molar-refractivity contribution in [2.45, 2.75) is 0 Å². The summed E-state index contributed by atoms with van der Waals surface area (Å²) < 4.78 is 5.06. The summed E-state index contributed by atoms with van der Waals surface area (Å²) in [6.45, 7) is 0. The van der Waals surface area contributed by atoms with Crippen molar-refractivity contribution >= 4 is 21.7 Å². The van der Waals surface area contributed by atoms with Gasteiger partial charge in [0.2, 0.25) is 0 Å². The average Bonchev–Trinajstić information content (AvgIpc) is 2.28. The minimum atomic E-state index is -0.615. The highest BCUT2D eigenvalue weighted by Gasteiger charge is 2.10. The fraction of sp³-hybridized carbons (Fsp3) is 0. The number of rotatable bonds is 0. The second-order valence-electron chi connectivity index (χ2n) is 3.77. The van der Waals surface area contributed by atoms with E-state index in [1.165, 1.54) is 18.2 Å². The van der Waals surface area contributed by atoms with E-state index in [0.29, 0.717) is 16.4 Å². The third-order valence-electron chi connectivity index (χ3n) is 2.70. The first-order valence-corrected chi connectivity index (χ1v) is 5.04. The third kappa shape index (κ3) is 1.34. The summed E-state index contributed by atoms with van der Waals surface area (Å²) >= 11 is 0. The van der Waals surface area contributed by atoms with Gasteiger partial charge in [-0.1, -0.05) is 12.1 Å². The number of hydrogen-bond donors (Lipinski definition) is 2. The highest BCUT2D eigenvalue weighted by atomic mass is 16.4. The van der Waals surface area contributed by atoms with E-state index in [4.69, 9.17) is 4.42 Å². The van der Waals surface area contributed by atoms with Crippen molar-refractivity contribution < 1.29 is 14.6 Å². The smallest absolute Gasteiger partial charge is 0.347 e. The van der Waals surface area contributed by atoms with E-state index in [9.17, 15) is 15.0 Å². The second kappa shape index (κ2) is 3.25. The number of phenolic OH excluding ortho intramolecular Hbond substituents is 2. The van der Waals surface area contributed by atoms with Crippen molar-refractivity contribution in [2.75, 3.05) is 0 Å². The SMILES string of the molecule is O=c1oc2cc(O)ccc2c2cccc(O)c12. The summed E-state index contributed by atoms with van der Waals surface area (Å²) in [5, 5.41) is 20.4. The summed E-state index contributed by atoms with van der Waals surface area (Å²) in [5.41, 5.74) is -0.315. The molecule has 0 radical (unpaired) electrons. The first kappa shape index (κ1) is 9.72. The molecule has 0 amide bonds. The van der Waals surface area contributed by atoms with E-state index in [0.717, 1.165) is 0 Å². The zero-order valence-electron chi connectivity index (χ0n) is 8.68. The predicted octanol–water partition coefficient (Wildman–Crippen LogP) is 2.36. The molecule has 0 aliphatic carbocycles. The predicted molar refractivity (Wildman–Crippen MR) is 63.3 cm³/mol. The number of fused-ring (bicyclic) bond motifs is 3. The van der Waals surface area contributed by atoms with Gasteiger partial charge in [0.15, 0.2) is 0 Å². The highest BCUT2D eigenvalue weighted by Crippen LogP contribution is 2.29. The van der Waals surface area contributed by atoms with Crippen molar-refractivity contribution in [2.24, 2.45) is 0 Å². The Balaban J connectivity index is 2.65. The maximum absolute atomic E-state index is 11.7. The van der Waals surface area contributed by atoms with E-state index >= 15 is 0 Å². The molecular formula is C13H8O4. The molecule has 0 saturated heterocycles. The molecule has 2 aromatic carbocycles. The van der Waals surface area contributed by atoms with Crippen LogP contribution in [0.4, 0.5) is 0 Å². The second-order valence-corrected chi connectivity index (χ2v) is 3.77. The topological polar surface area (TPSA) is 70.7 Å². The zero-order valence-corrected chi connectivity index (χ0v) is 8.68. The van der Waals surface area contributed by atoms with Crippen LogP contribution >= 0.6 is 0 Å². The third-order valence-corrected chi connectivity index (χ3v) is 2.70. The minimum absolute atomic E-state index is 0.0279. The Hall–Kier alpha value is -2.49. The van der Waals surface area contributed by atoms with Crippen LogP contribution in [-0.2, 0) is 0 Å². The van der Waals surface area contributed by atoms with E-state index in [-0.39, 0.29) is 16.9 Å². The number of aromatic hydroxyl groups is 2. The summed E-state index contributed by atoms with van der Waals surface area (Å²) in [6.07, 6.45) is 0. The first-order valence-electron chi connectivity index (χ1n) is 5.04. The van der Waals surface area contributed by atoms with Crippen molar-refractivity contribution in [3.05, 3.63) is 46.8 Å². The minimum Gasteiger partial charge on any atom is -0.508 e. The van der Waals surface area contributed by atoms with E-state index in [1.54, 1.807) is 18.2 Å². The Bertz CT molecular complexity index is 786. The molecule has 0 aliphatic heterocycles. The molecule has 0 spiro atoms. The van der Waals surface area contributed by atoms with Crippen LogP contribution in [0.5, 0.6) is 11.5 Å². The summed E-state index contributed by atoms with van der Waals surface area (Å²) in [4.78, 5) is 11.7. The number of benzene rings is 2. The molecule has 0 saturated carbocycles. The van der Waals surface area contributed by atoms with Crippen molar-refractivity contribution in [1.29, 1.82) is 0 Å². The Morgan fingerprint density at radius 3 is 2.65 bits per heavy atom. The monoisotopic (exact) mass is 228 g/mol.